The van der Waals surface area contributed by atoms with Crippen LogP contribution in [0.1, 0.15) is 121 Å². The topological polar surface area (TPSA) is 160 Å². The van der Waals surface area contributed by atoms with E-state index >= 15 is 0 Å². The number of aliphatic hydroxyl groups excluding tert-OH is 4. The number of Topliss-reactive ketones (excluding diaryl/α,β-unsaturated/α-hetero) is 2. The summed E-state index contributed by atoms with van der Waals surface area (Å²) in [5.74, 6) is -6.53. The Bertz CT molecular complexity index is 1340. The van der Waals surface area contributed by atoms with E-state index in [-0.39, 0.29) is 47.6 Å². The first-order valence-electron chi connectivity index (χ1n) is 21.1. The first kappa shape index (κ1) is 47.2. The second-order valence-electron chi connectivity index (χ2n) is 17.7. The molecule has 3 aliphatic heterocycles. The van der Waals surface area contributed by atoms with Crippen LogP contribution >= 0.6 is 0 Å². The fourth-order valence-electron chi connectivity index (χ4n) is 8.95. The van der Waals surface area contributed by atoms with Gasteiger partial charge in [-0.05, 0) is 63.2 Å². The minimum atomic E-state index is -1.30. The van der Waals surface area contributed by atoms with E-state index in [1.807, 2.05) is 32.1 Å². The highest BCUT2D eigenvalue weighted by atomic mass is 16.7. The molecule has 10 nitrogen and oxygen atoms in total. The van der Waals surface area contributed by atoms with Crippen LogP contribution in [0.5, 0.6) is 0 Å². The van der Waals surface area contributed by atoms with Gasteiger partial charge in [0.25, 0.3) is 0 Å². The molecule has 2 saturated heterocycles. The summed E-state index contributed by atoms with van der Waals surface area (Å²) in [5.41, 5.74) is 0. The highest BCUT2D eigenvalue weighted by molar-refractivity contribution is 5.87. The van der Waals surface area contributed by atoms with Gasteiger partial charge in [0, 0.05) is 53.9 Å². The zero-order valence-corrected chi connectivity index (χ0v) is 35.5. The molecular formula is C45H74O10. The number of carbonyl (C=O) groups excluding carboxylic acids is 3. The zero-order chi connectivity index (χ0) is 41.4. The molecule has 314 valence electrons. The van der Waals surface area contributed by atoms with E-state index < -0.39 is 77.6 Å². The Kier molecular flexibility index (Phi) is 18.0. The number of fused-ring (bicyclic) bond motifs is 2. The van der Waals surface area contributed by atoms with Gasteiger partial charge in [-0.3, -0.25) is 9.59 Å². The summed E-state index contributed by atoms with van der Waals surface area (Å²) in [6.45, 7) is 20.1. The number of allylic oxidation sites excluding steroid dienone is 4. The average Bonchev–Trinajstić information content (AvgIpc) is 3.16. The van der Waals surface area contributed by atoms with Crippen molar-refractivity contribution < 1.29 is 49.0 Å². The Labute approximate surface area is 331 Å². The molecule has 2 bridgehead atoms. The predicted octanol–water partition coefficient (Wildman–Crippen LogP) is 6.77. The Hall–Kier alpha value is -2.21. The third-order valence-corrected chi connectivity index (χ3v) is 13.4. The van der Waals surface area contributed by atoms with Gasteiger partial charge in [-0.15, -0.1) is 0 Å². The Morgan fingerprint density at radius 3 is 1.96 bits per heavy atom. The highest BCUT2D eigenvalue weighted by Gasteiger charge is 2.56. The Morgan fingerprint density at radius 2 is 1.36 bits per heavy atom. The lowest BCUT2D eigenvalue weighted by Gasteiger charge is -2.55. The largest absolute Gasteiger partial charge is 0.458 e. The number of hydrogen-bond donors (Lipinski definition) is 4. The van der Waals surface area contributed by atoms with Crippen LogP contribution < -0.4 is 0 Å². The molecule has 10 heteroatoms. The van der Waals surface area contributed by atoms with Crippen molar-refractivity contribution >= 4 is 17.5 Å². The molecule has 1 spiro atoms. The fourth-order valence-corrected chi connectivity index (χ4v) is 8.95. The monoisotopic (exact) mass is 775 g/mol. The first-order chi connectivity index (χ1) is 25.8. The molecule has 0 saturated carbocycles. The number of esters is 1. The lowest BCUT2D eigenvalue weighted by atomic mass is 9.74. The highest BCUT2D eigenvalue weighted by Crippen LogP contribution is 2.49. The first-order valence-corrected chi connectivity index (χ1v) is 21.1. The number of ether oxygens (including phenoxy) is 3. The summed E-state index contributed by atoms with van der Waals surface area (Å²) in [5, 5.41) is 43.8. The normalized spacial score (nSPS) is 44.3. The molecular weight excluding hydrogens is 700 g/mol. The van der Waals surface area contributed by atoms with Crippen LogP contribution in [0.3, 0.4) is 0 Å². The fraction of sp³-hybridized carbons (Fsp3) is 0.800. The SMILES string of the molecule is CC[C@H]1C=CC=CC[C@@H](C)[C@H](O)[C@H](C)C(=O)[C@@H](C)[C@H](O)[C@@H](C)C(=O)[C@@H](C)[C@H](O)[C@@H](C)C=CC(=O)O[C@@H]2[C@H](C)[C@H](CC1)O[C@]1(CC[C@H](C)[C@H](C[C@@H](C)O)O1)[C@H]2C. The van der Waals surface area contributed by atoms with Crippen molar-refractivity contribution in [1.82, 2.24) is 0 Å². The summed E-state index contributed by atoms with van der Waals surface area (Å²) >= 11 is 0. The average molecular weight is 775 g/mol. The molecule has 4 N–H and O–H groups in total. The van der Waals surface area contributed by atoms with Crippen molar-refractivity contribution in [1.29, 1.82) is 0 Å². The van der Waals surface area contributed by atoms with Crippen molar-refractivity contribution in [2.24, 2.45) is 59.2 Å². The van der Waals surface area contributed by atoms with Crippen LogP contribution in [0.4, 0.5) is 0 Å². The van der Waals surface area contributed by atoms with E-state index in [1.54, 1.807) is 47.6 Å². The van der Waals surface area contributed by atoms with Crippen molar-refractivity contribution in [3.05, 3.63) is 36.5 Å². The lowest BCUT2D eigenvalue weighted by Crippen LogP contribution is -2.62. The summed E-state index contributed by atoms with van der Waals surface area (Å²) in [4.78, 5) is 40.4. The minimum absolute atomic E-state index is 0.144. The van der Waals surface area contributed by atoms with Gasteiger partial charge in [0.05, 0.1) is 36.6 Å². The van der Waals surface area contributed by atoms with E-state index in [0.717, 1.165) is 25.7 Å². The van der Waals surface area contributed by atoms with Gasteiger partial charge in [0.15, 0.2) is 5.79 Å². The molecule has 3 rings (SSSR count). The molecule has 0 radical (unpaired) electrons. The number of hydrogen-bond acceptors (Lipinski definition) is 10. The van der Waals surface area contributed by atoms with Gasteiger partial charge in [0.1, 0.15) is 17.7 Å². The van der Waals surface area contributed by atoms with Crippen LogP contribution in [0, 0.1) is 59.2 Å². The van der Waals surface area contributed by atoms with Crippen LogP contribution in [0.2, 0.25) is 0 Å². The number of carbonyl (C=O) groups is 3. The molecule has 0 aromatic heterocycles. The van der Waals surface area contributed by atoms with Gasteiger partial charge in [-0.2, -0.15) is 0 Å². The third kappa shape index (κ3) is 11.9. The maximum Gasteiger partial charge on any atom is 0.330 e. The quantitative estimate of drug-likeness (QED) is 0.226. The van der Waals surface area contributed by atoms with Crippen molar-refractivity contribution in [2.75, 3.05) is 0 Å². The molecule has 0 unspecified atom stereocenters. The summed E-state index contributed by atoms with van der Waals surface area (Å²) < 4.78 is 20.0. The molecule has 55 heavy (non-hydrogen) atoms. The zero-order valence-electron chi connectivity index (χ0n) is 35.5. The molecule has 0 aliphatic carbocycles. The van der Waals surface area contributed by atoms with E-state index in [2.05, 4.69) is 26.8 Å². The standard InChI is InChI=1S/C45H74O10/c1-12-35-17-15-13-14-16-26(3)39(48)30(7)41(50)32(9)43(52)33(10)42(51)31(8)40(49)27(4)18-21-38(47)53-44-29(6)36(20-19-35)54-45(34(44)11)23-22-25(2)37(55-45)24-28(5)46/h13-15,17-18,21,25-37,39-40,43-44,46,48-49,52H,12,16,19-20,22-24H2,1-11H3/t25-,26+,27-,28+,29+,30-,31-,32+,33-,34-,35-,36-,37-,39-,40+,43-,44+,45-/m0/s1. The van der Waals surface area contributed by atoms with Gasteiger partial charge in [-0.1, -0.05) is 99.6 Å². The van der Waals surface area contributed by atoms with Crippen molar-refractivity contribution in [3.8, 4) is 0 Å². The second-order valence-corrected chi connectivity index (χ2v) is 17.7. The Balaban J connectivity index is 1.97. The second kappa shape index (κ2) is 21.0. The van der Waals surface area contributed by atoms with Crippen LogP contribution in [0.25, 0.3) is 0 Å². The van der Waals surface area contributed by atoms with Crippen molar-refractivity contribution in [2.45, 2.75) is 170 Å². The molecule has 18 atom stereocenters. The predicted molar refractivity (Wildman–Crippen MR) is 213 cm³/mol. The van der Waals surface area contributed by atoms with E-state index in [4.69, 9.17) is 14.2 Å². The molecule has 0 aromatic rings. The Morgan fingerprint density at radius 1 is 0.764 bits per heavy atom. The summed E-state index contributed by atoms with van der Waals surface area (Å²) in [6, 6.07) is 0. The summed E-state index contributed by atoms with van der Waals surface area (Å²) in [6.07, 6.45) is 11.1. The van der Waals surface area contributed by atoms with E-state index in [9.17, 15) is 34.8 Å². The van der Waals surface area contributed by atoms with Crippen LogP contribution in [0.15, 0.2) is 36.5 Å². The van der Waals surface area contributed by atoms with Crippen molar-refractivity contribution in [3.63, 3.8) is 0 Å². The smallest absolute Gasteiger partial charge is 0.330 e. The third-order valence-electron chi connectivity index (χ3n) is 13.4. The molecule has 2 fully saturated rings. The van der Waals surface area contributed by atoms with Gasteiger partial charge in [-0.25, -0.2) is 4.79 Å². The maximum atomic E-state index is 13.5. The number of rotatable bonds is 3. The van der Waals surface area contributed by atoms with E-state index in [1.165, 1.54) is 6.08 Å². The summed E-state index contributed by atoms with van der Waals surface area (Å²) in [7, 11) is 0. The van der Waals surface area contributed by atoms with Crippen LogP contribution in [-0.2, 0) is 28.6 Å². The molecule has 0 aromatic carbocycles. The minimum Gasteiger partial charge on any atom is -0.458 e. The lowest BCUT2D eigenvalue weighted by molar-refractivity contribution is -0.371. The van der Waals surface area contributed by atoms with Crippen LogP contribution in [-0.4, -0.2) is 86.5 Å². The number of aliphatic hydroxyl groups is 4. The molecule has 3 heterocycles. The van der Waals surface area contributed by atoms with Gasteiger partial charge in [0.2, 0.25) is 0 Å². The van der Waals surface area contributed by atoms with E-state index in [0.29, 0.717) is 19.3 Å². The number of ketones is 2. The maximum absolute atomic E-state index is 13.5. The molecule has 0 amide bonds. The van der Waals surface area contributed by atoms with Gasteiger partial charge >= 0.3 is 5.97 Å². The molecule has 3 aliphatic rings. The van der Waals surface area contributed by atoms with Gasteiger partial charge < -0.3 is 34.6 Å².